The van der Waals surface area contributed by atoms with Crippen LogP contribution in [0.2, 0.25) is 0 Å². The zero-order valence-electron chi connectivity index (χ0n) is 19.4. The number of carbonyl (C=O) groups excluding carboxylic acids is 2. The molecule has 0 saturated carbocycles. The molecule has 0 bridgehead atoms. The van der Waals surface area contributed by atoms with E-state index >= 15 is 0 Å². The lowest BCUT2D eigenvalue weighted by Crippen LogP contribution is -2.24. The van der Waals surface area contributed by atoms with Gasteiger partial charge in [-0.15, -0.1) is 0 Å². The number of nitrogen functional groups attached to an aromatic ring is 1. The summed E-state index contributed by atoms with van der Waals surface area (Å²) in [5, 5.41) is 30.4. The number of hydrogen-bond acceptors (Lipinski definition) is 9. The van der Waals surface area contributed by atoms with Crippen LogP contribution in [0.1, 0.15) is 35.2 Å². The van der Waals surface area contributed by atoms with Gasteiger partial charge >= 0.3 is 30.1 Å². The van der Waals surface area contributed by atoms with E-state index in [-0.39, 0.29) is 23.8 Å². The zero-order valence-corrected chi connectivity index (χ0v) is 20.2. The highest BCUT2D eigenvalue weighted by Crippen LogP contribution is 2.24. The molecular formula is C22H21F3N2O10S. The minimum absolute atomic E-state index is 0.0891. The second-order valence-electron chi connectivity index (χ2n) is 7.36. The molecule has 0 aliphatic carbocycles. The molecule has 0 saturated heterocycles. The number of aliphatic carboxylic acids is 3. The number of carboxylic acid groups (broad SMARTS) is 3. The van der Waals surface area contributed by atoms with Crippen molar-refractivity contribution in [1.82, 2.24) is 0 Å². The highest BCUT2D eigenvalue weighted by molar-refractivity contribution is 8.14. The number of hydrogen-bond donors (Lipinski definition) is 5. The lowest BCUT2D eigenvalue weighted by molar-refractivity contribution is -0.192. The van der Waals surface area contributed by atoms with Gasteiger partial charge in [-0.1, -0.05) is 18.7 Å². The predicted octanol–water partition coefficient (Wildman–Crippen LogP) is 2.78. The summed E-state index contributed by atoms with van der Waals surface area (Å²) in [5.41, 5.74) is 5.84. The summed E-state index contributed by atoms with van der Waals surface area (Å²) in [6.45, 7) is 1.55. The van der Waals surface area contributed by atoms with E-state index in [2.05, 4.69) is 0 Å². The molecule has 2 aromatic rings. The molecule has 0 aliphatic rings. The fourth-order valence-electron chi connectivity index (χ4n) is 2.44. The largest absolute Gasteiger partial charge is 0.490 e. The lowest BCUT2D eigenvalue weighted by Gasteiger charge is -2.12. The average Bonchev–Trinajstić information content (AvgIpc) is 3.27. The van der Waals surface area contributed by atoms with Crippen LogP contribution in [-0.2, 0) is 25.6 Å². The average molecular weight is 562 g/mol. The fourth-order valence-corrected chi connectivity index (χ4v) is 3.36. The zero-order chi connectivity index (χ0) is 29.2. The van der Waals surface area contributed by atoms with E-state index in [4.69, 9.17) is 40.4 Å². The van der Waals surface area contributed by atoms with Crippen LogP contribution in [0.25, 0.3) is 0 Å². The summed E-state index contributed by atoms with van der Waals surface area (Å²) in [6.07, 6.45) is -5.67. The maximum Gasteiger partial charge on any atom is 0.490 e. The van der Waals surface area contributed by atoms with Crippen molar-refractivity contribution in [2.75, 3.05) is 0 Å². The number of nitrogens with two attached hydrogens (primary N) is 1. The summed E-state index contributed by atoms with van der Waals surface area (Å²) < 4.78 is 42.3. The van der Waals surface area contributed by atoms with Crippen molar-refractivity contribution in [2.45, 2.75) is 31.2 Å². The summed E-state index contributed by atoms with van der Waals surface area (Å²) >= 11 is 0.450. The first-order valence-electron chi connectivity index (χ1n) is 10.2. The molecule has 0 fully saturated rings. The number of alkyl halides is 3. The van der Waals surface area contributed by atoms with Crippen LogP contribution < -0.4 is 10.5 Å². The van der Waals surface area contributed by atoms with Crippen molar-refractivity contribution in [1.29, 1.82) is 5.41 Å². The molecule has 2 atom stereocenters. The molecule has 206 valence electrons. The number of amidine groups is 1. The summed E-state index contributed by atoms with van der Waals surface area (Å²) in [7, 11) is 0. The number of thioether (sulfide) groups is 1. The normalized spacial score (nSPS) is 12.3. The smallest absolute Gasteiger partial charge is 0.481 e. The molecule has 0 radical (unpaired) electrons. The van der Waals surface area contributed by atoms with Gasteiger partial charge in [-0.25, -0.2) is 9.59 Å². The third-order valence-corrected chi connectivity index (χ3v) is 5.57. The van der Waals surface area contributed by atoms with Crippen LogP contribution in [-0.4, -0.2) is 61.6 Å². The Balaban J connectivity index is 0.000000905. The minimum atomic E-state index is -5.08. The molecule has 1 heterocycles. The van der Waals surface area contributed by atoms with E-state index in [0.717, 1.165) is 0 Å². The maximum atomic E-state index is 12.3. The first kappa shape index (κ1) is 31.7. The van der Waals surface area contributed by atoms with E-state index < -0.39 is 52.8 Å². The van der Waals surface area contributed by atoms with Gasteiger partial charge in [0.1, 0.15) is 22.6 Å². The monoisotopic (exact) mass is 562 g/mol. The Labute approximate surface area is 216 Å². The van der Waals surface area contributed by atoms with Gasteiger partial charge in [0, 0.05) is 17.9 Å². The molecule has 16 heteroatoms. The molecular weight excluding hydrogens is 541 g/mol. The number of halogens is 3. The Kier molecular flexibility index (Phi) is 11.5. The second kappa shape index (κ2) is 13.8. The topological polar surface area (TPSA) is 218 Å². The highest BCUT2D eigenvalue weighted by atomic mass is 32.2. The number of carbonyl (C=O) groups is 5. The summed E-state index contributed by atoms with van der Waals surface area (Å²) in [6, 6.07) is 8.89. The van der Waals surface area contributed by atoms with Gasteiger partial charge in [-0.05, 0) is 36.4 Å². The van der Waals surface area contributed by atoms with Gasteiger partial charge in [0.25, 0.3) is 0 Å². The van der Waals surface area contributed by atoms with E-state index in [1.807, 2.05) is 0 Å². The van der Waals surface area contributed by atoms with Crippen molar-refractivity contribution < 1.29 is 61.6 Å². The summed E-state index contributed by atoms with van der Waals surface area (Å²) in [5.74, 6) is -6.56. The third-order valence-electron chi connectivity index (χ3n) is 4.28. The molecule has 38 heavy (non-hydrogen) atoms. The van der Waals surface area contributed by atoms with Crippen LogP contribution in [0, 0.1) is 11.3 Å². The van der Waals surface area contributed by atoms with Crippen molar-refractivity contribution in [3.05, 3.63) is 53.5 Å². The minimum Gasteiger partial charge on any atom is -0.481 e. The van der Waals surface area contributed by atoms with Gasteiger partial charge < -0.3 is 30.2 Å². The molecule has 6 N–H and O–H groups in total. The Hall–Kier alpha value is -4.34. The molecule has 1 aromatic heterocycles. The maximum absolute atomic E-state index is 12.3. The van der Waals surface area contributed by atoms with Crippen LogP contribution in [0.15, 0.2) is 40.8 Å². The number of ether oxygens (including phenoxy) is 1. The lowest BCUT2D eigenvalue weighted by atomic mass is 10.1. The van der Waals surface area contributed by atoms with Gasteiger partial charge in [0.05, 0.1) is 6.42 Å². The Bertz CT molecular complexity index is 1190. The van der Waals surface area contributed by atoms with Gasteiger partial charge in [-0.2, -0.15) is 13.2 Å². The predicted molar refractivity (Wildman–Crippen MR) is 124 cm³/mol. The number of esters is 1. The Morgan fingerprint density at radius 1 is 1.05 bits per heavy atom. The standard InChI is InChI=1S/C20H20N2O8S.C2HF3O2/c1-10(20(28)31-15(18(25)26)9-16(23)24)8-13-6-7-14(29-13)19(27)30-12-4-2-11(3-5-12)17(21)22;3-2(4,5)1(6)7/h2-7,10,15H,8-9H2,1H3,(H3,21,22)(H,23,24)(H,25,26);(H,6,7). The van der Waals surface area contributed by atoms with E-state index in [9.17, 15) is 32.3 Å². The first-order chi connectivity index (χ1) is 17.5. The van der Waals surface area contributed by atoms with E-state index in [0.29, 0.717) is 23.1 Å². The molecule has 12 nitrogen and oxygen atoms in total. The van der Waals surface area contributed by atoms with Crippen LogP contribution in [0.3, 0.4) is 0 Å². The number of nitrogens with one attached hydrogen (secondary N) is 1. The Morgan fingerprint density at radius 3 is 2.05 bits per heavy atom. The Morgan fingerprint density at radius 2 is 1.61 bits per heavy atom. The number of furan rings is 1. The number of rotatable bonds is 10. The van der Waals surface area contributed by atoms with Crippen molar-refractivity contribution in [3.63, 3.8) is 0 Å². The third kappa shape index (κ3) is 10.7. The summed E-state index contributed by atoms with van der Waals surface area (Å²) in [4.78, 5) is 55.2. The van der Waals surface area contributed by atoms with Gasteiger partial charge in [-0.3, -0.25) is 19.8 Å². The van der Waals surface area contributed by atoms with E-state index in [1.54, 1.807) is 6.92 Å². The highest BCUT2D eigenvalue weighted by Gasteiger charge is 2.38. The quantitative estimate of drug-likeness (QED) is 0.122. The fraction of sp³-hybridized carbons (Fsp3) is 0.273. The van der Waals surface area contributed by atoms with Gasteiger partial charge in [0.15, 0.2) is 5.12 Å². The van der Waals surface area contributed by atoms with Gasteiger partial charge in [0.2, 0.25) is 5.76 Å². The van der Waals surface area contributed by atoms with Crippen molar-refractivity contribution in [2.24, 2.45) is 11.7 Å². The van der Waals surface area contributed by atoms with Crippen LogP contribution in [0.5, 0.6) is 5.75 Å². The first-order valence-corrected chi connectivity index (χ1v) is 11.1. The molecule has 1 aromatic carbocycles. The molecule has 2 unspecified atom stereocenters. The number of carboxylic acids is 3. The van der Waals surface area contributed by atoms with Crippen molar-refractivity contribution in [3.8, 4) is 5.75 Å². The van der Waals surface area contributed by atoms with Crippen LogP contribution >= 0.6 is 11.8 Å². The van der Waals surface area contributed by atoms with Crippen LogP contribution in [0.4, 0.5) is 13.2 Å². The molecule has 0 amide bonds. The van der Waals surface area contributed by atoms with Crippen molar-refractivity contribution >= 4 is 46.6 Å². The molecule has 2 rings (SSSR count). The number of benzene rings is 1. The second-order valence-corrected chi connectivity index (χ2v) is 8.57. The SMILES string of the molecule is CC(Cc1ccc(C(=O)Oc2ccc(C(=N)N)cc2)o1)C(=O)SC(CC(=O)O)C(=O)O.O=C(O)C(F)(F)F. The van der Waals surface area contributed by atoms with E-state index in [1.165, 1.54) is 36.4 Å². The molecule has 0 spiro atoms. The molecule has 0 aliphatic heterocycles.